The highest BCUT2D eigenvalue weighted by Gasteiger charge is 2.47. The van der Waals surface area contributed by atoms with Crippen LogP contribution in [0.15, 0.2) is 30.4 Å². The van der Waals surface area contributed by atoms with Gasteiger partial charge in [-0.2, -0.15) is 0 Å². The van der Waals surface area contributed by atoms with Crippen LogP contribution in [0.5, 0.6) is 0 Å². The molecule has 1 aliphatic carbocycles. The van der Waals surface area contributed by atoms with E-state index in [4.69, 9.17) is 32.7 Å². The predicted octanol–water partition coefficient (Wildman–Crippen LogP) is 4.51. The molecule has 0 N–H and O–H groups in total. The third-order valence-electron chi connectivity index (χ3n) is 4.10. The number of rotatable bonds is 5. The van der Waals surface area contributed by atoms with Gasteiger partial charge in [-0.25, -0.2) is 4.79 Å². The molecule has 0 aliphatic heterocycles. The highest BCUT2D eigenvalue weighted by atomic mass is 35.5. The molecule has 24 heavy (non-hydrogen) atoms. The average molecular weight is 371 g/mol. The van der Waals surface area contributed by atoms with Crippen LogP contribution in [0.1, 0.15) is 38.2 Å². The van der Waals surface area contributed by atoms with Crippen molar-refractivity contribution in [1.82, 2.24) is 0 Å². The second-order valence-corrected chi connectivity index (χ2v) is 6.52. The molecule has 4 nitrogen and oxygen atoms in total. The molecule has 1 saturated carbocycles. The normalized spacial score (nSPS) is 20.5. The van der Waals surface area contributed by atoms with E-state index in [2.05, 4.69) is 6.58 Å². The van der Waals surface area contributed by atoms with Crippen molar-refractivity contribution in [3.05, 3.63) is 46.0 Å². The van der Waals surface area contributed by atoms with Gasteiger partial charge in [0, 0.05) is 22.0 Å². The van der Waals surface area contributed by atoms with Crippen LogP contribution in [0.2, 0.25) is 10.0 Å². The van der Waals surface area contributed by atoms with Crippen LogP contribution in [-0.4, -0.2) is 24.1 Å². The van der Waals surface area contributed by atoms with Crippen molar-refractivity contribution >= 4 is 35.1 Å². The maximum Gasteiger partial charge on any atom is 0.355 e. The maximum atomic E-state index is 12.5. The van der Waals surface area contributed by atoms with Crippen molar-refractivity contribution in [1.29, 1.82) is 0 Å². The van der Waals surface area contributed by atoms with E-state index in [1.807, 2.05) is 0 Å². The fourth-order valence-electron chi connectivity index (χ4n) is 2.83. The predicted molar refractivity (Wildman–Crippen MR) is 93.2 cm³/mol. The zero-order chi connectivity index (χ0) is 17.7. The summed E-state index contributed by atoms with van der Waals surface area (Å²) in [5, 5.41) is 0.763. The van der Waals surface area contributed by atoms with Crippen LogP contribution in [-0.2, 0) is 25.5 Å². The number of ether oxygens (including phenoxy) is 2. The standard InChI is InChI=1S/C18H20Cl2O4/c1-3-23-17(22)18(10-5-4-7-12(18)2)24-16(21)11-13-14(19)8-6-9-15(13)20/h6,8-9H,2-5,7,10-11H2,1H3. The van der Waals surface area contributed by atoms with E-state index in [1.165, 1.54) is 0 Å². The zero-order valence-electron chi connectivity index (χ0n) is 13.6. The lowest BCUT2D eigenvalue weighted by Crippen LogP contribution is -2.48. The minimum atomic E-state index is -1.40. The molecular weight excluding hydrogens is 351 g/mol. The molecule has 0 aromatic heterocycles. The van der Waals surface area contributed by atoms with E-state index < -0.39 is 17.5 Å². The van der Waals surface area contributed by atoms with Gasteiger partial charge in [-0.15, -0.1) is 0 Å². The van der Waals surface area contributed by atoms with Crippen LogP contribution < -0.4 is 0 Å². The van der Waals surface area contributed by atoms with Crippen molar-refractivity contribution in [3.8, 4) is 0 Å². The third-order valence-corrected chi connectivity index (χ3v) is 4.81. The highest BCUT2D eigenvalue weighted by molar-refractivity contribution is 6.36. The van der Waals surface area contributed by atoms with Crippen LogP contribution in [0.4, 0.5) is 0 Å². The first-order valence-electron chi connectivity index (χ1n) is 7.91. The van der Waals surface area contributed by atoms with Crippen molar-refractivity contribution in [2.24, 2.45) is 0 Å². The van der Waals surface area contributed by atoms with Crippen molar-refractivity contribution in [2.75, 3.05) is 6.61 Å². The Bertz CT molecular complexity index is 636. The van der Waals surface area contributed by atoms with Gasteiger partial charge in [-0.1, -0.05) is 35.8 Å². The summed E-state index contributed by atoms with van der Waals surface area (Å²) in [5.74, 6) is -1.14. The van der Waals surface area contributed by atoms with E-state index >= 15 is 0 Å². The lowest BCUT2D eigenvalue weighted by atomic mass is 9.80. The van der Waals surface area contributed by atoms with Crippen molar-refractivity contribution < 1.29 is 19.1 Å². The van der Waals surface area contributed by atoms with Crippen LogP contribution in [0.3, 0.4) is 0 Å². The fraction of sp³-hybridized carbons (Fsp3) is 0.444. The molecular formula is C18H20Cl2O4. The van der Waals surface area contributed by atoms with Gasteiger partial charge in [-0.3, -0.25) is 4.79 Å². The van der Waals surface area contributed by atoms with E-state index in [0.29, 0.717) is 34.0 Å². The van der Waals surface area contributed by atoms with E-state index in [-0.39, 0.29) is 13.0 Å². The molecule has 0 radical (unpaired) electrons. The Labute approximate surface area is 151 Å². The van der Waals surface area contributed by atoms with Gasteiger partial charge >= 0.3 is 11.9 Å². The smallest absolute Gasteiger partial charge is 0.355 e. The Kier molecular flexibility index (Phi) is 6.30. The summed E-state index contributed by atoms with van der Waals surface area (Å²) in [4.78, 5) is 24.9. The Morgan fingerprint density at radius 3 is 2.50 bits per heavy atom. The number of benzene rings is 1. The first-order valence-corrected chi connectivity index (χ1v) is 8.66. The van der Waals surface area contributed by atoms with Gasteiger partial charge in [0.2, 0.25) is 5.60 Å². The molecule has 1 fully saturated rings. The van der Waals surface area contributed by atoms with Gasteiger partial charge < -0.3 is 9.47 Å². The van der Waals surface area contributed by atoms with Crippen molar-refractivity contribution in [2.45, 2.75) is 44.6 Å². The third kappa shape index (κ3) is 3.93. The van der Waals surface area contributed by atoms with E-state index in [0.717, 1.165) is 12.8 Å². The molecule has 0 heterocycles. The monoisotopic (exact) mass is 370 g/mol. The van der Waals surface area contributed by atoms with Crippen LogP contribution >= 0.6 is 23.2 Å². The average Bonchev–Trinajstić information content (AvgIpc) is 2.53. The summed E-state index contributed by atoms with van der Waals surface area (Å²) in [7, 11) is 0. The summed E-state index contributed by atoms with van der Waals surface area (Å²) >= 11 is 12.2. The lowest BCUT2D eigenvalue weighted by molar-refractivity contribution is -0.179. The molecule has 0 amide bonds. The van der Waals surface area contributed by atoms with Gasteiger partial charge in [-0.05, 0) is 43.9 Å². The summed E-state index contributed by atoms with van der Waals surface area (Å²) in [6.07, 6.45) is 2.56. The molecule has 2 rings (SSSR count). The first-order chi connectivity index (χ1) is 11.4. The number of hydrogen-bond donors (Lipinski definition) is 0. The molecule has 0 bridgehead atoms. The molecule has 1 aromatic carbocycles. The Balaban J connectivity index is 2.22. The van der Waals surface area contributed by atoms with Gasteiger partial charge in [0.25, 0.3) is 0 Å². The number of halogens is 2. The quantitative estimate of drug-likeness (QED) is 0.565. The Hall–Kier alpha value is -1.52. The number of carbonyl (C=O) groups excluding carboxylic acids is 2. The number of hydrogen-bond acceptors (Lipinski definition) is 4. The fourth-order valence-corrected chi connectivity index (χ4v) is 3.36. The summed E-state index contributed by atoms with van der Waals surface area (Å²) in [6.45, 7) is 5.86. The van der Waals surface area contributed by atoms with Gasteiger partial charge in [0.15, 0.2) is 0 Å². The maximum absolute atomic E-state index is 12.5. The molecule has 130 valence electrons. The molecule has 1 aliphatic rings. The molecule has 1 aromatic rings. The SMILES string of the molecule is C=C1CCCCC1(OC(=O)Cc1c(Cl)cccc1Cl)C(=O)OCC. The van der Waals surface area contributed by atoms with Crippen molar-refractivity contribution in [3.63, 3.8) is 0 Å². The van der Waals surface area contributed by atoms with Gasteiger partial charge in [0.05, 0.1) is 13.0 Å². The summed E-state index contributed by atoms with van der Waals surface area (Å²) in [6, 6.07) is 5.00. The Morgan fingerprint density at radius 2 is 1.92 bits per heavy atom. The second kappa shape index (κ2) is 8.04. The second-order valence-electron chi connectivity index (χ2n) is 5.71. The minimum absolute atomic E-state index is 0.118. The molecule has 0 saturated heterocycles. The van der Waals surface area contributed by atoms with E-state index in [1.54, 1.807) is 25.1 Å². The first kappa shape index (κ1) is 18.8. The lowest BCUT2D eigenvalue weighted by Gasteiger charge is -2.36. The topological polar surface area (TPSA) is 52.6 Å². The van der Waals surface area contributed by atoms with E-state index in [9.17, 15) is 9.59 Å². The van der Waals surface area contributed by atoms with Gasteiger partial charge in [0.1, 0.15) is 0 Å². The Morgan fingerprint density at radius 1 is 1.25 bits per heavy atom. The summed E-state index contributed by atoms with van der Waals surface area (Å²) in [5.41, 5.74) is -0.351. The molecule has 1 atom stereocenters. The largest absolute Gasteiger partial charge is 0.463 e. The summed E-state index contributed by atoms with van der Waals surface area (Å²) < 4.78 is 10.7. The zero-order valence-corrected chi connectivity index (χ0v) is 15.1. The molecule has 1 unspecified atom stereocenters. The molecule has 6 heteroatoms. The number of esters is 2. The van der Waals surface area contributed by atoms with Crippen LogP contribution in [0.25, 0.3) is 0 Å². The van der Waals surface area contributed by atoms with Crippen LogP contribution in [0, 0.1) is 0 Å². The minimum Gasteiger partial charge on any atom is -0.463 e. The molecule has 0 spiro atoms. The number of carbonyl (C=O) groups is 2. The highest BCUT2D eigenvalue weighted by Crippen LogP contribution is 2.37.